The van der Waals surface area contributed by atoms with Crippen LogP contribution in [0.1, 0.15) is 37.4 Å². The number of carboxylic acid groups (broad SMARTS) is 1. The lowest BCUT2D eigenvalue weighted by Gasteiger charge is -2.12. The average molecular weight is 410 g/mol. The van der Waals surface area contributed by atoms with Crippen molar-refractivity contribution in [3.8, 4) is 11.1 Å². The molecule has 1 aliphatic carbocycles. The van der Waals surface area contributed by atoms with E-state index in [1.54, 1.807) is 36.4 Å². The van der Waals surface area contributed by atoms with Crippen LogP contribution in [0.5, 0.6) is 0 Å². The van der Waals surface area contributed by atoms with Gasteiger partial charge in [0, 0.05) is 11.5 Å². The summed E-state index contributed by atoms with van der Waals surface area (Å²) in [6, 6.07) is 16.6. The van der Waals surface area contributed by atoms with E-state index in [2.05, 4.69) is 0 Å². The van der Waals surface area contributed by atoms with Crippen molar-refractivity contribution in [3.05, 3.63) is 94.5 Å². The molecular formula is C24H17F3O3. The second-order valence-corrected chi connectivity index (χ2v) is 7.38. The summed E-state index contributed by atoms with van der Waals surface area (Å²) in [7, 11) is 0. The number of hydrogen-bond acceptors (Lipinski definition) is 2. The third-order valence-corrected chi connectivity index (χ3v) is 5.45. The standard InChI is InChI=1S/C24H17F3O3/c25-24(26,27)18-4-1-3-16(12-18)19-5-2-6-20-21(19)13-17(22(20)28)11-14-7-9-15(10-8-14)23(29)30/h1-10,12,17H,11,13H2,(H,29,30). The molecule has 0 heterocycles. The van der Waals surface area contributed by atoms with Gasteiger partial charge in [-0.25, -0.2) is 4.79 Å². The van der Waals surface area contributed by atoms with Gasteiger partial charge in [-0.3, -0.25) is 4.79 Å². The fourth-order valence-corrected chi connectivity index (χ4v) is 3.96. The first-order valence-corrected chi connectivity index (χ1v) is 9.40. The van der Waals surface area contributed by atoms with Gasteiger partial charge in [-0.1, -0.05) is 42.5 Å². The molecular weight excluding hydrogens is 393 g/mol. The van der Waals surface area contributed by atoms with Crippen LogP contribution in [0.15, 0.2) is 66.7 Å². The number of Topliss-reactive ketones (excluding diaryl/α,β-unsaturated/α-hetero) is 1. The molecule has 1 atom stereocenters. The number of rotatable bonds is 4. The quantitative estimate of drug-likeness (QED) is 0.603. The Balaban J connectivity index is 1.63. The molecule has 0 bridgehead atoms. The van der Waals surface area contributed by atoms with Crippen LogP contribution in [-0.2, 0) is 19.0 Å². The Morgan fingerprint density at radius 3 is 2.30 bits per heavy atom. The number of carboxylic acids is 1. The first-order valence-electron chi connectivity index (χ1n) is 9.40. The van der Waals surface area contributed by atoms with Gasteiger partial charge in [0.15, 0.2) is 5.78 Å². The van der Waals surface area contributed by atoms with E-state index in [1.165, 1.54) is 18.2 Å². The minimum absolute atomic E-state index is 0.0406. The molecule has 3 aromatic carbocycles. The summed E-state index contributed by atoms with van der Waals surface area (Å²) < 4.78 is 39.3. The molecule has 1 aliphatic rings. The maximum Gasteiger partial charge on any atom is 0.416 e. The zero-order chi connectivity index (χ0) is 21.5. The van der Waals surface area contributed by atoms with E-state index < -0.39 is 17.7 Å². The van der Waals surface area contributed by atoms with Gasteiger partial charge >= 0.3 is 12.1 Å². The fraction of sp³-hybridized carbons (Fsp3) is 0.167. The Morgan fingerprint density at radius 2 is 1.63 bits per heavy atom. The van der Waals surface area contributed by atoms with Crippen LogP contribution >= 0.6 is 0 Å². The van der Waals surface area contributed by atoms with E-state index in [0.29, 0.717) is 29.5 Å². The first-order chi connectivity index (χ1) is 14.2. The average Bonchev–Trinajstić information content (AvgIpc) is 3.03. The van der Waals surface area contributed by atoms with Gasteiger partial charge in [0.25, 0.3) is 0 Å². The first kappa shape index (κ1) is 19.9. The molecule has 30 heavy (non-hydrogen) atoms. The maximum absolute atomic E-state index is 13.1. The maximum atomic E-state index is 13.1. The normalized spacial score (nSPS) is 15.8. The summed E-state index contributed by atoms with van der Waals surface area (Å²) >= 11 is 0. The molecule has 3 aromatic rings. The summed E-state index contributed by atoms with van der Waals surface area (Å²) in [6.45, 7) is 0. The molecule has 0 radical (unpaired) electrons. The third-order valence-electron chi connectivity index (χ3n) is 5.45. The topological polar surface area (TPSA) is 54.4 Å². The highest BCUT2D eigenvalue weighted by Crippen LogP contribution is 2.38. The third kappa shape index (κ3) is 3.73. The Kier molecular flexibility index (Phi) is 4.94. The van der Waals surface area contributed by atoms with Crippen LogP contribution < -0.4 is 0 Å². The van der Waals surface area contributed by atoms with E-state index in [-0.39, 0.29) is 17.3 Å². The number of carbonyl (C=O) groups is 2. The van der Waals surface area contributed by atoms with E-state index in [0.717, 1.165) is 23.3 Å². The Labute approximate surface area is 170 Å². The van der Waals surface area contributed by atoms with E-state index in [9.17, 15) is 22.8 Å². The highest BCUT2D eigenvalue weighted by molar-refractivity contribution is 6.04. The molecule has 3 nitrogen and oxygen atoms in total. The van der Waals surface area contributed by atoms with E-state index in [1.807, 2.05) is 0 Å². The summed E-state index contributed by atoms with van der Waals surface area (Å²) in [5.74, 6) is -1.39. The van der Waals surface area contributed by atoms with Gasteiger partial charge in [0.2, 0.25) is 0 Å². The highest BCUT2D eigenvalue weighted by atomic mass is 19.4. The van der Waals surface area contributed by atoms with Crippen molar-refractivity contribution in [1.82, 2.24) is 0 Å². The predicted molar refractivity (Wildman–Crippen MR) is 106 cm³/mol. The van der Waals surface area contributed by atoms with Gasteiger partial charge in [-0.05, 0) is 59.4 Å². The number of halogens is 3. The SMILES string of the molecule is O=C(O)c1ccc(CC2Cc3c(cccc3-c3cccc(C(F)(F)F)c3)C2=O)cc1. The molecule has 0 saturated carbocycles. The smallest absolute Gasteiger partial charge is 0.416 e. The second-order valence-electron chi connectivity index (χ2n) is 7.38. The van der Waals surface area contributed by atoms with Crippen LogP contribution in [0, 0.1) is 5.92 Å². The molecule has 152 valence electrons. The number of aromatic carboxylic acids is 1. The van der Waals surface area contributed by atoms with Crippen molar-refractivity contribution in [2.75, 3.05) is 0 Å². The van der Waals surface area contributed by atoms with Crippen LogP contribution in [0.4, 0.5) is 13.2 Å². The van der Waals surface area contributed by atoms with Crippen LogP contribution in [0.3, 0.4) is 0 Å². The molecule has 4 rings (SSSR count). The monoisotopic (exact) mass is 410 g/mol. The Hall–Kier alpha value is -3.41. The highest BCUT2D eigenvalue weighted by Gasteiger charge is 2.34. The lowest BCUT2D eigenvalue weighted by Crippen LogP contribution is -2.12. The molecule has 1 unspecified atom stereocenters. The summed E-state index contributed by atoms with van der Waals surface area (Å²) in [5, 5.41) is 9.00. The van der Waals surface area contributed by atoms with Gasteiger partial charge in [0.1, 0.15) is 0 Å². The molecule has 6 heteroatoms. The summed E-state index contributed by atoms with van der Waals surface area (Å²) in [4.78, 5) is 23.9. The fourth-order valence-electron chi connectivity index (χ4n) is 3.96. The molecule has 0 aromatic heterocycles. The number of benzene rings is 3. The molecule has 0 spiro atoms. The predicted octanol–water partition coefficient (Wildman–Crippen LogP) is 5.67. The number of fused-ring (bicyclic) bond motifs is 1. The summed E-state index contributed by atoms with van der Waals surface area (Å²) in [5.41, 5.74) is 2.65. The molecule has 0 amide bonds. The zero-order valence-electron chi connectivity index (χ0n) is 15.7. The lowest BCUT2D eigenvalue weighted by molar-refractivity contribution is -0.137. The van der Waals surface area contributed by atoms with Crippen molar-refractivity contribution in [2.45, 2.75) is 19.0 Å². The molecule has 0 fully saturated rings. The van der Waals surface area contributed by atoms with E-state index >= 15 is 0 Å². The second kappa shape index (κ2) is 7.44. The van der Waals surface area contributed by atoms with Gasteiger partial charge < -0.3 is 5.11 Å². The molecule has 0 saturated heterocycles. The van der Waals surface area contributed by atoms with Crippen molar-refractivity contribution >= 4 is 11.8 Å². The Morgan fingerprint density at radius 1 is 0.967 bits per heavy atom. The Bertz CT molecular complexity index is 1130. The number of alkyl halides is 3. The largest absolute Gasteiger partial charge is 0.478 e. The van der Waals surface area contributed by atoms with Crippen molar-refractivity contribution in [1.29, 1.82) is 0 Å². The van der Waals surface area contributed by atoms with Gasteiger partial charge in [-0.2, -0.15) is 13.2 Å². The van der Waals surface area contributed by atoms with Crippen molar-refractivity contribution in [3.63, 3.8) is 0 Å². The lowest BCUT2D eigenvalue weighted by atomic mass is 9.93. The van der Waals surface area contributed by atoms with Gasteiger partial charge in [-0.15, -0.1) is 0 Å². The minimum Gasteiger partial charge on any atom is -0.478 e. The van der Waals surface area contributed by atoms with Gasteiger partial charge in [0.05, 0.1) is 11.1 Å². The number of hydrogen-bond donors (Lipinski definition) is 1. The minimum atomic E-state index is -4.44. The van der Waals surface area contributed by atoms with Crippen molar-refractivity contribution in [2.24, 2.45) is 5.92 Å². The summed E-state index contributed by atoms with van der Waals surface area (Å²) in [6.07, 6.45) is -3.56. The van der Waals surface area contributed by atoms with E-state index in [4.69, 9.17) is 5.11 Å². The van der Waals surface area contributed by atoms with Crippen LogP contribution in [-0.4, -0.2) is 16.9 Å². The van der Waals surface area contributed by atoms with Crippen molar-refractivity contribution < 1.29 is 27.9 Å². The molecule has 1 N–H and O–H groups in total. The van der Waals surface area contributed by atoms with Crippen LogP contribution in [0.25, 0.3) is 11.1 Å². The number of ketones is 1. The molecule has 0 aliphatic heterocycles. The van der Waals surface area contributed by atoms with Crippen LogP contribution in [0.2, 0.25) is 0 Å². The zero-order valence-corrected chi connectivity index (χ0v) is 15.7. The number of carbonyl (C=O) groups excluding carboxylic acids is 1.